The van der Waals surface area contributed by atoms with Crippen molar-refractivity contribution in [1.29, 1.82) is 0 Å². The standard InChI is InChI=1S/C12H27NOS/c1-5-13-12(4)8-6-7-9-15(14)10-11(2)3/h11-13H,5-10H2,1-4H3. The van der Waals surface area contributed by atoms with Crippen LogP contribution in [0, 0.1) is 5.92 Å². The second kappa shape index (κ2) is 9.34. The number of hydrogen-bond acceptors (Lipinski definition) is 2. The molecule has 0 spiro atoms. The van der Waals surface area contributed by atoms with Crippen LogP contribution in [0.25, 0.3) is 0 Å². The molecule has 15 heavy (non-hydrogen) atoms. The monoisotopic (exact) mass is 233 g/mol. The molecule has 2 atom stereocenters. The Balaban J connectivity index is 3.34. The lowest BCUT2D eigenvalue weighted by Crippen LogP contribution is -2.25. The minimum absolute atomic E-state index is 0.562. The van der Waals surface area contributed by atoms with E-state index in [1.807, 2.05) is 0 Å². The Morgan fingerprint density at radius 1 is 1.20 bits per heavy atom. The minimum Gasteiger partial charge on any atom is -0.315 e. The van der Waals surface area contributed by atoms with Gasteiger partial charge in [0.25, 0.3) is 0 Å². The van der Waals surface area contributed by atoms with Crippen molar-refractivity contribution in [2.75, 3.05) is 18.1 Å². The summed E-state index contributed by atoms with van der Waals surface area (Å²) in [5.74, 6) is 2.31. The van der Waals surface area contributed by atoms with E-state index in [0.29, 0.717) is 12.0 Å². The topological polar surface area (TPSA) is 29.1 Å². The predicted molar refractivity (Wildman–Crippen MR) is 69.7 cm³/mol. The van der Waals surface area contributed by atoms with E-state index in [4.69, 9.17) is 0 Å². The van der Waals surface area contributed by atoms with E-state index in [9.17, 15) is 4.21 Å². The van der Waals surface area contributed by atoms with Crippen LogP contribution >= 0.6 is 0 Å². The molecule has 0 aliphatic carbocycles. The smallest absolute Gasteiger partial charge is 0.0257 e. The maximum absolute atomic E-state index is 11.5. The van der Waals surface area contributed by atoms with Crippen LogP contribution in [0.1, 0.15) is 47.0 Å². The molecule has 1 N–H and O–H groups in total. The Labute approximate surface area is 97.7 Å². The lowest BCUT2D eigenvalue weighted by molar-refractivity contribution is 0.509. The van der Waals surface area contributed by atoms with Gasteiger partial charge in [0.15, 0.2) is 0 Å². The second-order valence-corrected chi connectivity index (χ2v) is 6.28. The number of rotatable bonds is 9. The quantitative estimate of drug-likeness (QED) is 0.620. The van der Waals surface area contributed by atoms with Gasteiger partial charge in [-0.05, 0) is 32.2 Å². The summed E-state index contributed by atoms with van der Waals surface area (Å²) < 4.78 is 11.5. The minimum atomic E-state index is -0.589. The van der Waals surface area contributed by atoms with Crippen molar-refractivity contribution in [2.24, 2.45) is 5.92 Å². The van der Waals surface area contributed by atoms with Gasteiger partial charge < -0.3 is 5.32 Å². The SMILES string of the molecule is CCNC(C)CCCCS(=O)CC(C)C. The molecule has 0 fully saturated rings. The van der Waals surface area contributed by atoms with E-state index in [0.717, 1.165) is 24.5 Å². The zero-order chi connectivity index (χ0) is 11.7. The third kappa shape index (κ3) is 10.4. The zero-order valence-electron chi connectivity index (χ0n) is 10.7. The number of nitrogens with one attached hydrogen (secondary N) is 1. The molecular formula is C12H27NOS. The molecule has 0 radical (unpaired) electrons. The van der Waals surface area contributed by atoms with E-state index < -0.39 is 10.8 Å². The molecular weight excluding hydrogens is 206 g/mol. The van der Waals surface area contributed by atoms with Crippen LogP contribution in [0.2, 0.25) is 0 Å². The van der Waals surface area contributed by atoms with Crippen molar-refractivity contribution in [2.45, 2.75) is 53.0 Å². The van der Waals surface area contributed by atoms with Crippen molar-refractivity contribution >= 4 is 10.8 Å². The van der Waals surface area contributed by atoms with Gasteiger partial charge in [0, 0.05) is 28.3 Å². The summed E-state index contributed by atoms with van der Waals surface area (Å²) in [7, 11) is -0.589. The van der Waals surface area contributed by atoms with Crippen LogP contribution in [-0.2, 0) is 10.8 Å². The molecule has 0 aliphatic rings. The molecule has 0 aliphatic heterocycles. The van der Waals surface area contributed by atoms with Gasteiger partial charge in [0.1, 0.15) is 0 Å². The first-order valence-electron chi connectivity index (χ1n) is 6.14. The Bertz CT molecular complexity index is 171. The Hall–Kier alpha value is 0.110. The van der Waals surface area contributed by atoms with Crippen molar-refractivity contribution < 1.29 is 4.21 Å². The fourth-order valence-corrected chi connectivity index (χ4v) is 3.06. The van der Waals surface area contributed by atoms with Crippen LogP contribution in [0.4, 0.5) is 0 Å². The first-order valence-corrected chi connectivity index (χ1v) is 7.63. The van der Waals surface area contributed by atoms with E-state index in [1.54, 1.807) is 0 Å². The van der Waals surface area contributed by atoms with Crippen LogP contribution in [0.15, 0.2) is 0 Å². The maximum atomic E-state index is 11.5. The summed E-state index contributed by atoms with van der Waals surface area (Å²) in [6, 6.07) is 0.605. The highest BCUT2D eigenvalue weighted by Crippen LogP contribution is 2.04. The van der Waals surface area contributed by atoms with Crippen LogP contribution in [0.5, 0.6) is 0 Å². The van der Waals surface area contributed by atoms with Crippen molar-refractivity contribution in [3.63, 3.8) is 0 Å². The summed E-state index contributed by atoms with van der Waals surface area (Å²) in [5, 5.41) is 3.39. The number of unbranched alkanes of at least 4 members (excludes halogenated alkanes) is 1. The van der Waals surface area contributed by atoms with E-state index >= 15 is 0 Å². The lowest BCUT2D eigenvalue weighted by atomic mass is 10.1. The summed E-state index contributed by atoms with van der Waals surface area (Å²) in [6.45, 7) is 9.65. The van der Waals surface area contributed by atoms with E-state index in [-0.39, 0.29) is 0 Å². The van der Waals surface area contributed by atoms with Gasteiger partial charge in [0.05, 0.1) is 0 Å². The van der Waals surface area contributed by atoms with Crippen LogP contribution in [0.3, 0.4) is 0 Å². The summed E-state index contributed by atoms with van der Waals surface area (Å²) in [5.41, 5.74) is 0. The van der Waals surface area contributed by atoms with Gasteiger partial charge in [-0.15, -0.1) is 0 Å². The average Bonchev–Trinajstić information content (AvgIpc) is 2.12. The summed E-state index contributed by atoms with van der Waals surface area (Å²) in [6.07, 6.45) is 3.50. The Morgan fingerprint density at radius 3 is 2.40 bits per heavy atom. The largest absolute Gasteiger partial charge is 0.315 e. The summed E-state index contributed by atoms with van der Waals surface area (Å²) in [4.78, 5) is 0. The molecule has 0 heterocycles. The van der Waals surface area contributed by atoms with Gasteiger partial charge in [-0.1, -0.05) is 27.2 Å². The van der Waals surface area contributed by atoms with Crippen LogP contribution in [-0.4, -0.2) is 28.3 Å². The third-order valence-electron chi connectivity index (χ3n) is 2.33. The second-order valence-electron chi connectivity index (χ2n) is 4.66. The predicted octanol–water partition coefficient (Wildman–Crippen LogP) is 2.56. The first-order chi connectivity index (χ1) is 7.06. The van der Waals surface area contributed by atoms with Crippen molar-refractivity contribution in [3.8, 4) is 0 Å². The molecule has 3 heteroatoms. The first kappa shape index (κ1) is 15.1. The van der Waals surface area contributed by atoms with Crippen molar-refractivity contribution in [1.82, 2.24) is 5.32 Å². The average molecular weight is 233 g/mol. The molecule has 2 unspecified atom stereocenters. The lowest BCUT2D eigenvalue weighted by Gasteiger charge is -2.11. The van der Waals surface area contributed by atoms with Gasteiger partial charge in [-0.25, -0.2) is 0 Å². The molecule has 0 saturated heterocycles. The molecule has 0 bridgehead atoms. The fraction of sp³-hybridized carbons (Fsp3) is 1.00. The maximum Gasteiger partial charge on any atom is 0.0257 e. The molecule has 0 aromatic rings. The highest BCUT2D eigenvalue weighted by atomic mass is 32.2. The van der Waals surface area contributed by atoms with E-state index in [2.05, 4.69) is 33.0 Å². The van der Waals surface area contributed by atoms with E-state index in [1.165, 1.54) is 12.8 Å². The zero-order valence-corrected chi connectivity index (χ0v) is 11.5. The third-order valence-corrected chi connectivity index (χ3v) is 4.11. The highest BCUT2D eigenvalue weighted by Gasteiger charge is 2.04. The van der Waals surface area contributed by atoms with Gasteiger partial charge in [-0.3, -0.25) is 4.21 Å². The normalized spacial score (nSPS) is 15.5. The molecule has 0 saturated carbocycles. The Morgan fingerprint density at radius 2 is 1.87 bits per heavy atom. The molecule has 2 nitrogen and oxygen atoms in total. The summed E-state index contributed by atoms with van der Waals surface area (Å²) >= 11 is 0. The molecule has 92 valence electrons. The molecule has 0 aromatic heterocycles. The Kier molecular flexibility index (Phi) is 9.41. The van der Waals surface area contributed by atoms with Crippen LogP contribution < -0.4 is 5.32 Å². The van der Waals surface area contributed by atoms with Gasteiger partial charge >= 0.3 is 0 Å². The van der Waals surface area contributed by atoms with Gasteiger partial charge in [0.2, 0.25) is 0 Å². The molecule has 0 aromatic carbocycles. The fourth-order valence-electron chi connectivity index (χ4n) is 1.62. The highest BCUT2D eigenvalue weighted by molar-refractivity contribution is 7.84. The molecule has 0 rings (SSSR count). The van der Waals surface area contributed by atoms with Gasteiger partial charge in [-0.2, -0.15) is 0 Å². The molecule has 0 amide bonds. The van der Waals surface area contributed by atoms with Crippen molar-refractivity contribution in [3.05, 3.63) is 0 Å². The number of hydrogen-bond donors (Lipinski definition) is 1.